The zero-order valence-electron chi connectivity index (χ0n) is 15.3. The Morgan fingerprint density at radius 2 is 1.96 bits per heavy atom. The summed E-state index contributed by atoms with van der Waals surface area (Å²) in [5, 5.41) is 2.97. The number of benzene rings is 1. The maximum absolute atomic E-state index is 14.9. The van der Waals surface area contributed by atoms with Gasteiger partial charge >= 0.3 is 0 Å². The van der Waals surface area contributed by atoms with E-state index in [0.717, 1.165) is 24.6 Å². The molecule has 1 N–H and O–H groups in total. The first kappa shape index (κ1) is 19.7. The molecule has 1 amide bonds. The van der Waals surface area contributed by atoms with Crippen LogP contribution in [0.15, 0.2) is 18.2 Å². The van der Waals surface area contributed by atoms with E-state index in [0.29, 0.717) is 19.3 Å². The first-order valence-electron chi connectivity index (χ1n) is 9.62. The number of carbonyl (C=O) groups is 2. The summed E-state index contributed by atoms with van der Waals surface area (Å²) in [7, 11) is 0. The second-order valence-corrected chi connectivity index (χ2v) is 8.65. The van der Waals surface area contributed by atoms with Gasteiger partial charge in [-0.1, -0.05) is 11.6 Å². The number of nitrogens with one attached hydrogen (secondary N) is 1. The van der Waals surface area contributed by atoms with E-state index in [9.17, 15) is 22.8 Å². The van der Waals surface area contributed by atoms with Crippen LogP contribution in [-0.2, 0) is 15.5 Å². The lowest BCUT2D eigenvalue weighted by atomic mass is 9.79. The zero-order chi connectivity index (χ0) is 20.1. The summed E-state index contributed by atoms with van der Waals surface area (Å²) in [4.78, 5) is 25.8. The van der Waals surface area contributed by atoms with Crippen molar-refractivity contribution in [1.82, 2.24) is 10.2 Å². The molecular weight excluding hydrogens is 393 g/mol. The monoisotopic (exact) mass is 414 g/mol. The number of hydrogen-bond donors (Lipinski definition) is 1. The van der Waals surface area contributed by atoms with Crippen molar-refractivity contribution in [3.8, 4) is 0 Å². The Morgan fingerprint density at radius 3 is 2.54 bits per heavy atom. The topological polar surface area (TPSA) is 49.4 Å². The van der Waals surface area contributed by atoms with E-state index >= 15 is 0 Å². The molecule has 8 heteroatoms. The summed E-state index contributed by atoms with van der Waals surface area (Å²) < 4.78 is 42.9. The highest BCUT2D eigenvalue weighted by atomic mass is 35.5. The van der Waals surface area contributed by atoms with Crippen LogP contribution in [0.5, 0.6) is 0 Å². The molecular formula is C20H22ClF3N2O2. The molecule has 152 valence electrons. The Kier molecular flexibility index (Phi) is 4.94. The first-order valence-corrected chi connectivity index (χ1v) is 9.99. The molecule has 4 nitrogen and oxygen atoms in total. The summed E-state index contributed by atoms with van der Waals surface area (Å²) in [6.45, 7) is 0.504. The average Bonchev–Trinajstić information content (AvgIpc) is 3.02. The Balaban J connectivity index is 1.34. The van der Waals surface area contributed by atoms with Crippen LogP contribution < -0.4 is 5.32 Å². The van der Waals surface area contributed by atoms with E-state index in [-0.39, 0.29) is 59.8 Å². The standard InChI is InChI=1S/C20H22ClF3N2O2/c21-16-9-13(22)1-2-15(16)20(23,24)12-4-7-26(8-5-12)18(28)17-11-19(25-17)6-3-14(27)10-19/h1-2,9,12,17,25H,3-8,10-11H2/t17-,19+/m0/s1. The van der Waals surface area contributed by atoms with Gasteiger partial charge in [-0.25, -0.2) is 13.2 Å². The summed E-state index contributed by atoms with van der Waals surface area (Å²) in [6, 6.07) is 2.60. The molecule has 0 radical (unpaired) electrons. The van der Waals surface area contributed by atoms with Crippen LogP contribution in [-0.4, -0.2) is 41.3 Å². The minimum Gasteiger partial charge on any atom is -0.341 e. The summed E-state index contributed by atoms with van der Waals surface area (Å²) in [5.41, 5.74) is -0.587. The first-order chi connectivity index (χ1) is 13.2. The molecule has 28 heavy (non-hydrogen) atoms. The minimum atomic E-state index is -3.18. The average molecular weight is 415 g/mol. The molecule has 2 heterocycles. The van der Waals surface area contributed by atoms with Crippen molar-refractivity contribution in [3.63, 3.8) is 0 Å². The second kappa shape index (κ2) is 7.02. The number of halogens is 4. The summed E-state index contributed by atoms with van der Waals surface area (Å²) >= 11 is 5.83. The number of ketones is 1. The molecule has 1 aliphatic carbocycles. The maximum atomic E-state index is 14.9. The van der Waals surface area contributed by atoms with Crippen molar-refractivity contribution in [2.75, 3.05) is 13.1 Å². The fraction of sp³-hybridized carbons (Fsp3) is 0.600. The molecule has 1 aromatic rings. The number of carbonyl (C=O) groups excluding carboxylic acids is 2. The van der Waals surface area contributed by atoms with Gasteiger partial charge in [0.05, 0.1) is 11.1 Å². The third kappa shape index (κ3) is 3.43. The molecule has 3 aliphatic rings. The normalized spacial score (nSPS) is 28.6. The lowest BCUT2D eigenvalue weighted by Gasteiger charge is -2.48. The zero-order valence-corrected chi connectivity index (χ0v) is 16.1. The highest BCUT2D eigenvalue weighted by molar-refractivity contribution is 6.31. The number of hydrogen-bond acceptors (Lipinski definition) is 3. The molecule has 1 spiro atoms. The van der Waals surface area contributed by atoms with Crippen molar-refractivity contribution in [1.29, 1.82) is 0 Å². The van der Waals surface area contributed by atoms with Crippen molar-refractivity contribution >= 4 is 23.3 Å². The maximum Gasteiger partial charge on any atom is 0.277 e. The summed E-state index contributed by atoms with van der Waals surface area (Å²) in [5.74, 6) is -4.64. The van der Waals surface area contributed by atoms with Crippen LogP contribution in [0.4, 0.5) is 13.2 Å². The van der Waals surface area contributed by atoms with E-state index in [1.165, 1.54) is 0 Å². The predicted octanol–water partition coefficient (Wildman–Crippen LogP) is 3.66. The number of rotatable bonds is 3. The highest BCUT2D eigenvalue weighted by Gasteiger charge is 2.52. The molecule has 1 saturated carbocycles. The van der Waals surface area contributed by atoms with Crippen LogP contribution in [0.1, 0.15) is 44.1 Å². The number of nitrogens with zero attached hydrogens (tertiary/aromatic N) is 1. The number of piperidine rings is 1. The van der Waals surface area contributed by atoms with Gasteiger partial charge in [0.1, 0.15) is 11.6 Å². The number of likely N-dealkylation sites (tertiary alicyclic amines) is 1. The van der Waals surface area contributed by atoms with Crippen LogP contribution >= 0.6 is 11.6 Å². The molecule has 2 aliphatic heterocycles. The molecule has 3 fully saturated rings. The van der Waals surface area contributed by atoms with Gasteiger partial charge < -0.3 is 4.90 Å². The van der Waals surface area contributed by atoms with E-state index in [1.54, 1.807) is 4.90 Å². The van der Waals surface area contributed by atoms with E-state index in [1.807, 2.05) is 0 Å². The number of alkyl halides is 2. The van der Waals surface area contributed by atoms with Crippen molar-refractivity contribution in [3.05, 3.63) is 34.6 Å². The lowest BCUT2D eigenvalue weighted by Crippen LogP contribution is -2.67. The Morgan fingerprint density at radius 1 is 1.29 bits per heavy atom. The largest absolute Gasteiger partial charge is 0.341 e. The summed E-state index contributed by atoms with van der Waals surface area (Å²) in [6.07, 6.45) is 2.75. The predicted molar refractivity (Wildman–Crippen MR) is 97.7 cm³/mol. The van der Waals surface area contributed by atoms with Crippen LogP contribution in [0.2, 0.25) is 5.02 Å². The Hall–Kier alpha value is -1.60. The second-order valence-electron chi connectivity index (χ2n) is 8.24. The van der Waals surface area contributed by atoms with Gasteiger partial charge in [0, 0.05) is 43.0 Å². The Bertz CT molecular complexity index is 803. The molecule has 2 atom stereocenters. The fourth-order valence-corrected chi connectivity index (χ4v) is 5.07. The van der Waals surface area contributed by atoms with E-state index in [4.69, 9.17) is 11.6 Å². The number of amides is 1. The van der Waals surface area contributed by atoms with Gasteiger partial charge in [0.25, 0.3) is 5.92 Å². The molecule has 0 unspecified atom stereocenters. The SMILES string of the molecule is O=C1CC[C@@]2(C1)C[C@@H](C(=O)N1CCC(C(F)(F)c3ccc(F)cc3Cl)CC1)N2. The van der Waals surface area contributed by atoms with Gasteiger partial charge in [-0.3, -0.25) is 14.9 Å². The molecule has 0 bridgehead atoms. The molecule has 2 saturated heterocycles. The van der Waals surface area contributed by atoms with Gasteiger partial charge in [-0.05, 0) is 43.9 Å². The highest BCUT2D eigenvalue weighted by Crippen LogP contribution is 2.45. The van der Waals surface area contributed by atoms with Gasteiger partial charge in [0.2, 0.25) is 5.91 Å². The van der Waals surface area contributed by atoms with Gasteiger partial charge in [0.15, 0.2) is 0 Å². The van der Waals surface area contributed by atoms with Crippen LogP contribution in [0.25, 0.3) is 0 Å². The smallest absolute Gasteiger partial charge is 0.277 e. The number of Topliss-reactive ketones (excluding diaryl/α,β-unsaturated/α-hetero) is 1. The third-order valence-corrected chi connectivity index (χ3v) is 6.71. The molecule has 1 aromatic carbocycles. The van der Waals surface area contributed by atoms with Crippen molar-refractivity contribution < 1.29 is 22.8 Å². The van der Waals surface area contributed by atoms with E-state index in [2.05, 4.69) is 5.32 Å². The lowest BCUT2D eigenvalue weighted by molar-refractivity contribution is -0.143. The Labute approximate surface area is 166 Å². The molecule has 0 aromatic heterocycles. The van der Waals surface area contributed by atoms with Gasteiger partial charge in [-0.2, -0.15) is 0 Å². The van der Waals surface area contributed by atoms with Crippen LogP contribution in [0, 0.1) is 11.7 Å². The fourth-order valence-electron chi connectivity index (χ4n) is 4.78. The third-order valence-electron chi connectivity index (χ3n) is 6.40. The van der Waals surface area contributed by atoms with Crippen molar-refractivity contribution in [2.24, 2.45) is 5.92 Å². The van der Waals surface area contributed by atoms with E-state index < -0.39 is 17.7 Å². The van der Waals surface area contributed by atoms with Crippen LogP contribution in [0.3, 0.4) is 0 Å². The minimum absolute atomic E-state index is 0.0773. The molecule has 4 rings (SSSR count). The van der Waals surface area contributed by atoms with Crippen molar-refractivity contribution in [2.45, 2.75) is 56.0 Å². The quantitative estimate of drug-likeness (QED) is 0.821. The van der Waals surface area contributed by atoms with Gasteiger partial charge in [-0.15, -0.1) is 0 Å².